The minimum atomic E-state index is 0.161. The van der Waals surface area contributed by atoms with Crippen LogP contribution in [0.4, 0.5) is 5.95 Å². The lowest BCUT2D eigenvalue weighted by atomic mass is 10.2. The molecular weight excluding hydrogens is 194 g/mol. The second-order valence-corrected chi connectivity index (χ2v) is 3.17. The number of hydrogen-bond acceptors (Lipinski definition) is 5. The van der Waals surface area contributed by atoms with Crippen LogP contribution in [0.1, 0.15) is 12.1 Å². The zero-order chi connectivity index (χ0) is 10.7. The van der Waals surface area contributed by atoms with E-state index in [-0.39, 0.29) is 6.61 Å². The fraction of sp³-hybridized carbons (Fsp3) is 0.444. The number of nitrogens with one attached hydrogen (secondary N) is 2. The highest BCUT2D eigenvalue weighted by atomic mass is 16.2. The molecular formula is C9H13N5O. The first-order valence-electron chi connectivity index (χ1n) is 4.83. The number of anilines is 1. The third-order valence-electron chi connectivity index (χ3n) is 2.16. The quantitative estimate of drug-likeness (QED) is 0.672. The van der Waals surface area contributed by atoms with Crippen LogP contribution < -0.4 is 5.32 Å². The predicted molar refractivity (Wildman–Crippen MR) is 56.6 cm³/mol. The molecule has 3 N–H and O–H groups in total. The monoisotopic (exact) mass is 207 g/mol. The summed E-state index contributed by atoms with van der Waals surface area (Å²) >= 11 is 0. The molecule has 0 aliphatic heterocycles. The number of fused-ring (bicyclic) bond motifs is 1. The van der Waals surface area contributed by atoms with Gasteiger partial charge in [-0.05, 0) is 12.8 Å². The summed E-state index contributed by atoms with van der Waals surface area (Å²) in [5.74, 6) is 0.558. The van der Waals surface area contributed by atoms with E-state index in [1.807, 2.05) is 0 Å². The standard InChI is InChI=1S/C9H13N5O/c1-10-9-13-6(3-2-4-15)7-8(14-9)12-5-11-7/h5,15H,2-4H2,1H3,(H2,10,11,12,13,14). The number of rotatable bonds is 4. The highest BCUT2D eigenvalue weighted by molar-refractivity contribution is 5.73. The minimum absolute atomic E-state index is 0.161. The normalized spacial score (nSPS) is 10.8. The van der Waals surface area contributed by atoms with E-state index in [9.17, 15) is 0 Å². The van der Waals surface area contributed by atoms with E-state index >= 15 is 0 Å². The van der Waals surface area contributed by atoms with Crippen molar-refractivity contribution in [3.63, 3.8) is 0 Å². The van der Waals surface area contributed by atoms with Crippen LogP contribution in [0.2, 0.25) is 0 Å². The van der Waals surface area contributed by atoms with Crippen molar-refractivity contribution in [3.05, 3.63) is 12.0 Å². The molecule has 0 atom stereocenters. The van der Waals surface area contributed by atoms with Crippen LogP contribution in [0.25, 0.3) is 11.2 Å². The van der Waals surface area contributed by atoms with Crippen molar-refractivity contribution in [3.8, 4) is 0 Å². The van der Waals surface area contributed by atoms with Crippen LogP contribution in [-0.2, 0) is 6.42 Å². The molecule has 80 valence electrons. The predicted octanol–water partition coefficient (Wildman–Crippen LogP) is 0.320. The van der Waals surface area contributed by atoms with Crippen LogP contribution in [0.5, 0.6) is 0 Å². The highest BCUT2D eigenvalue weighted by Gasteiger charge is 2.08. The fourth-order valence-electron chi connectivity index (χ4n) is 1.43. The van der Waals surface area contributed by atoms with E-state index in [2.05, 4.69) is 25.3 Å². The number of aliphatic hydroxyl groups is 1. The Morgan fingerprint density at radius 2 is 2.33 bits per heavy atom. The van der Waals surface area contributed by atoms with Crippen molar-refractivity contribution in [2.75, 3.05) is 19.0 Å². The largest absolute Gasteiger partial charge is 0.396 e. The molecule has 2 aromatic rings. The maximum atomic E-state index is 8.79. The summed E-state index contributed by atoms with van der Waals surface area (Å²) in [4.78, 5) is 15.6. The van der Waals surface area contributed by atoms with Gasteiger partial charge in [-0.1, -0.05) is 0 Å². The van der Waals surface area contributed by atoms with Gasteiger partial charge in [0.1, 0.15) is 5.52 Å². The van der Waals surface area contributed by atoms with Crippen molar-refractivity contribution in [1.82, 2.24) is 19.9 Å². The molecule has 15 heavy (non-hydrogen) atoms. The van der Waals surface area contributed by atoms with Gasteiger partial charge in [0, 0.05) is 13.7 Å². The maximum Gasteiger partial charge on any atom is 0.224 e. The molecule has 0 aromatic carbocycles. The number of imidazole rings is 1. The molecule has 0 fully saturated rings. The summed E-state index contributed by atoms with van der Waals surface area (Å²) in [6.45, 7) is 0.161. The van der Waals surface area contributed by atoms with Crippen LogP contribution in [0.15, 0.2) is 6.33 Å². The number of aromatic amines is 1. The molecule has 0 radical (unpaired) electrons. The Kier molecular flexibility index (Phi) is 2.77. The van der Waals surface area contributed by atoms with Gasteiger partial charge in [-0.25, -0.2) is 9.97 Å². The molecule has 6 heteroatoms. The Bertz CT molecular complexity index is 453. The number of H-pyrrole nitrogens is 1. The van der Waals surface area contributed by atoms with E-state index in [0.29, 0.717) is 24.4 Å². The fourth-order valence-corrected chi connectivity index (χ4v) is 1.43. The molecule has 0 unspecified atom stereocenters. The Morgan fingerprint density at radius 1 is 1.47 bits per heavy atom. The third kappa shape index (κ3) is 1.89. The van der Waals surface area contributed by atoms with Gasteiger partial charge in [0.15, 0.2) is 5.65 Å². The summed E-state index contributed by atoms with van der Waals surface area (Å²) in [6.07, 6.45) is 3.00. The first-order chi connectivity index (χ1) is 7.35. The number of nitrogens with zero attached hydrogens (tertiary/aromatic N) is 3. The second kappa shape index (κ2) is 4.22. The van der Waals surface area contributed by atoms with Crippen molar-refractivity contribution < 1.29 is 5.11 Å². The van der Waals surface area contributed by atoms with Crippen molar-refractivity contribution in [1.29, 1.82) is 0 Å². The lowest BCUT2D eigenvalue weighted by Gasteiger charge is -2.03. The molecule has 0 bridgehead atoms. The Labute approximate surface area is 86.8 Å². The smallest absolute Gasteiger partial charge is 0.224 e. The summed E-state index contributed by atoms with van der Waals surface area (Å²) in [5, 5.41) is 11.7. The molecule has 6 nitrogen and oxygen atoms in total. The molecule has 0 amide bonds. The van der Waals surface area contributed by atoms with Gasteiger partial charge in [-0.15, -0.1) is 0 Å². The molecule has 0 saturated carbocycles. The molecule has 2 rings (SSSR count). The molecule has 0 aliphatic rings. The molecule has 0 spiro atoms. The average Bonchev–Trinajstić information content (AvgIpc) is 2.73. The van der Waals surface area contributed by atoms with Gasteiger partial charge in [-0.2, -0.15) is 4.98 Å². The Hall–Kier alpha value is -1.69. The van der Waals surface area contributed by atoms with E-state index < -0.39 is 0 Å². The van der Waals surface area contributed by atoms with Crippen molar-refractivity contribution in [2.45, 2.75) is 12.8 Å². The number of aliphatic hydroxyl groups excluding tert-OH is 1. The van der Waals surface area contributed by atoms with E-state index in [4.69, 9.17) is 5.11 Å². The van der Waals surface area contributed by atoms with Gasteiger partial charge in [0.05, 0.1) is 12.0 Å². The Balaban J connectivity index is 2.43. The van der Waals surface area contributed by atoms with Gasteiger partial charge < -0.3 is 15.4 Å². The van der Waals surface area contributed by atoms with E-state index in [1.54, 1.807) is 13.4 Å². The first kappa shape index (κ1) is 9.85. The number of hydrogen-bond donors (Lipinski definition) is 3. The summed E-state index contributed by atoms with van der Waals surface area (Å²) in [7, 11) is 1.77. The molecule has 2 heterocycles. The van der Waals surface area contributed by atoms with Crippen molar-refractivity contribution >= 4 is 17.1 Å². The average molecular weight is 207 g/mol. The number of aryl methyl sites for hydroxylation is 1. The second-order valence-electron chi connectivity index (χ2n) is 3.17. The van der Waals surface area contributed by atoms with Crippen LogP contribution in [0.3, 0.4) is 0 Å². The Morgan fingerprint density at radius 3 is 3.07 bits per heavy atom. The summed E-state index contributed by atoms with van der Waals surface area (Å²) in [6, 6.07) is 0. The zero-order valence-corrected chi connectivity index (χ0v) is 8.49. The van der Waals surface area contributed by atoms with Crippen LogP contribution >= 0.6 is 0 Å². The van der Waals surface area contributed by atoms with E-state index in [1.165, 1.54) is 0 Å². The lowest BCUT2D eigenvalue weighted by Crippen LogP contribution is -2.02. The van der Waals surface area contributed by atoms with Gasteiger partial charge in [-0.3, -0.25) is 0 Å². The summed E-state index contributed by atoms with van der Waals surface area (Å²) in [5.41, 5.74) is 2.39. The third-order valence-corrected chi connectivity index (χ3v) is 2.16. The highest BCUT2D eigenvalue weighted by Crippen LogP contribution is 2.14. The topological polar surface area (TPSA) is 86.7 Å². The molecule has 0 aliphatic carbocycles. The van der Waals surface area contributed by atoms with Gasteiger partial charge in [0.25, 0.3) is 0 Å². The first-order valence-corrected chi connectivity index (χ1v) is 4.83. The lowest BCUT2D eigenvalue weighted by molar-refractivity contribution is 0.288. The van der Waals surface area contributed by atoms with Crippen LogP contribution in [-0.4, -0.2) is 38.7 Å². The van der Waals surface area contributed by atoms with Gasteiger partial charge in [0.2, 0.25) is 5.95 Å². The summed E-state index contributed by atoms with van der Waals surface area (Å²) < 4.78 is 0. The molecule has 0 saturated heterocycles. The maximum absolute atomic E-state index is 8.79. The molecule has 2 aromatic heterocycles. The number of aromatic nitrogens is 4. The minimum Gasteiger partial charge on any atom is -0.396 e. The van der Waals surface area contributed by atoms with Gasteiger partial charge >= 0.3 is 0 Å². The SMILES string of the molecule is CNc1nc(CCCO)c2[nH]cnc2n1. The van der Waals surface area contributed by atoms with Crippen LogP contribution in [0, 0.1) is 0 Å². The van der Waals surface area contributed by atoms with Crippen molar-refractivity contribution in [2.24, 2.45) is 0 Å². The van der Waals surface area contributed by atoms with E-state index in [0.717, 1.165) is 11.2 Å². The zero-order valence-electron chi connectivity index (χ0n) is 8.49.